The molecule has 1 saturated heterocycles. The number of rotatable bonds is 8. The largest absolute Gasteiger partial charge is 0.493 e. The van der Waals surface area contributed by atoms with Crippen molar-refractivity contribution >= 4 is 17.7 Å². The topological polar surface area (TPSA) is 89.9 Å². The minimum Gasteiger partial charge on any atom is -0.493 e. The lowest BCUT2D eigenvalue weighted by atomic mass is 9.92. The minimum absolute atomic E-state index is 0.233. The second-order valence-electron chi connectivity index (χ2n) is 8.83. The van der Waals surface area contributed by atoms with Gasteiger partial charge in [0, 0.05) is 29.4 Å². The highest BCUT2D eigenvalue weighted by Gasteiger charge is 2.48. The van der Waals surface area contributed by atoms with Crippen LogP contribution >= 0.6 is 0 Å². The number of urea groups is 1. The Morgan fingerprint density at radius 3 is 2.44 bits per heavy atom. The number of imide groups is 1. The highest BCUT2D eigenvalue weighted by Crippen LogP contribution is 2.38. The smallest absolute Gasteiger partial charge is 0.325 e. The fourth-order valence-electron chi connectivity index (χ4n) is 4.59. The van der Waals surface area contributed by atoms with Crippen LogP contribution in [0.1, 0.15) is 53.1 Å². The van der Waals surface area contributed by atoms with Crippen molar-refractivity contribution in [3.63, 3.8) is 0 Å². The van der Waals surface area contributed by atoms with E-state index in [1.165, 1.54) is 0 Å². The van der Waals surface area contributed by atoms with Crippen molar-refractivity contribution in [1.82, 2.24) is 14.8 Å². The van der Waals surface area contributed by atoms with E-state index in [0.29, 0.717) is 23.1 Å². The van der Waals surface area contributed by atoms with E-state index in [9.17, 15) is 14.4 Å². The Bertz CT molecular complexity index is 1100. The van der Waals surface area contributed by atoms with Crippen LogP contribution in [0.5, 0.6) is 11.5 Å². The Labute approximate surface area is 187 Å². The van der Waals surface area contributed by atoms with Crippen LogP contribution in [0.3, 0.4) is 0 Å². The summed E-state index contributed by atoms with van der Waals surface area (Å²) in [6.45, 7) is 5.30. The predicted octanol–water partition coefficient (Wildman–Crippen LogP) is 3.19. The van der Waals surface area contributed by atoms with Gasteiger partial charge in [0.05, 0.1) is 20.8 Å². The van der Waals surface area contributed by atoms with Crippen molar-refractivity contribution in [3.05, 3.63) is 46.8 Å². The molecule has 2 heterocycles. The molecule has 1 aromatic carbocycles. The molecule has 1 saturated carbocycles. The molecule has 0 spiro atoms. The molecule has 1 atom stereocenters. The highest BCUT2D eigenvalue weighted by atomic mass is 16.5. The molecule has 8 heteroatoms. The predicted molar refractivity (Wildman–Crippen MR) is 118 cm³/mol. The molecule has 0 bridgehead atoms. The van der Waals surface area contributed by atoms with Gasteiger partial charge in [-0.3, -0.25) is 14.5 Å². The number of aromatic nitrogens is 1. The molecule has 1 unspecified atom stereocenters. The van der Waals surface area contributed by atoms with Crippen LogP contribution in [0.4, 0.5) is 4.79 Å². The maximum absolute atomic E-state index is 13.2. The Morgan fingerprint density at radius 1 is 1.12 bits per heavy atom. The van der Waals surface area contributed by atoms with Gasteiger partial charge in [-0.2, -0.15) is 0 Å². The minimum atomic E-state index is -1.15. The van der Waals surface area contributed by atoms with Gasteiger partial charge in [0.15, 0.2) is 17.3 Å². The third-order valence-electron chi connectivity index (χ3n) is 6.35. The number of hydrogen-bond donors (Lipinski definition) is 1. The average molecular weight is 440 g/mol. The van der Waals surface area contributed by atoms with Crippen molar-refractivity contribution in [2.24, 2.45) is 0 Å². The third kappa shape index (κ3) is 3.74. The summed E-state index contributed by atoms with van der Waals surface area (Å²) in [5.74, 6) is 0.480. The number of amides is 3. The van der Waals surface area contributed by atoms with Gasteiger partial charge in [-0.25, -0.2) is 4.79 Å². The number of benzene rings is 1. The molecule has 32 heavy (non-hydrogen) atoms. The number of Topliss-reactive ketones (excluding diaryl/α,β-unsaturated/α-hetero) is 1. The van der Waals surface area contributed by atoms with Crippen molar-refractivity contribution in [2.75, 3.05) is 20.8 Å². The van der Waals surface area contributed by atoms with E-state index in [4.69, 9.17) is 9.47 Å². The summed E-state index contributed by atoms with van der Waals surface area (Å²) in [6.07, 6.45) is 2.50. The van der Waals surface area contributed by atoms with Gasteiger partial charge >= 0.3 is 6.03 Å². The van der Waals surface area contributed by atoms with E-state index in [1.807, 2.05) is 26.0 Å². The summed E-state index contributed by atoms with van der Waals surface area (Å²) in [5.41, 5.74) is 2.16. The fraction of sp³-hybridized carbons (Fsp3) is 0.458. The van der Waals surface area contributed by atoms with Crippen molar-refractivity contribution in [3.8, 4) is 11.5 Å². The number of nitrogens with zero attached hydrogens (tertiary/aromatic N) is 2. The number of methoxy groups -OCH3 is 2. The second kappa shape index (κ2) is 8.00. The summed E-state index contributed by atoms with van der Waals surface area (Å²) in [4.78, 5) is 39.9. The van der Waals surface area contributed by atoms with Gasteiger partial charge in [-0.15, -0.1) is 0 Å². The summed E-state index contributed by atoms with van der Waals surface area (Å²) in [7, 11) is 3.09. The zero-order valence-corrected chi connectivity index (χ0v) is 19.2. The third-order valence-corrected chi connectivity index (χ3v) is 6.35. The molecule has 1 aliphatic carbocycles. The number of ether oxygens (including phenoxy) is 2. The van der Waals surface area contributed by atoms with E-state index in [0.717, 1.165) is 34.7 Å². The number of carbonyl (C=O) groups is 3. The lowest BCUT2D eigenvalue weighted by Crippen LogP contribution is -2.46. The summed E-state index contributed by atoms with van der Waals surface area (Å²) >= 11 is 0. The van der Waals surface area contributed by atoms with Crippen LogP contribution in [0.15, 0.2) is 24.3 Å². The lowest BCUT2D eigenvalue weighted by Gasteiger charge is -2.22. The van der Waals surface area contributed by atoms with E-state index in [-0.39, 0.29) is 18.7 Å². The SMILES string of the molecule is COc1ccc(CC2(C)NC(=O)N(CC(=O)c3cc(C)n(C4CC4)c3C)C2=O)cc1OC. The monoisotopic (exact) mass is 439 g/mol. The standard InChI is InChI=1S/C24H29N3O5/c1-14-10-18(15(2)27(14)17-7-8-17)19(28)13-26-22(29)24(3,25-23(26)30)12-16-6-9-20(31-4)21(11-16)32-5/h6,9-11,17H,7-8,12-13H2,1-5H3,(H,25,30). The van der Waals surface area contributed by atoms with E-state index in [2.05, 4.69) is 9.88 Å². The Morgan fingerprint density at radius 2 is 1.81 bits per heavy atom. The van der Waals surface area contributed by atoms with Crippen LogP contribution in [0.25, 0.3) is 0 Å². The van der Waals surface area contributed by atoms with Crippen molar-refractivity contribution in [1.29, 1.82) is 0 Å². The Kier molecular flexibility index (Phi) is 5.48. The Balaban J connectivity index is 1.51. The summed E-state index contributed by atoms with van der Waals surface area (Å²) in [6, 6.07) is 7.13. The molecule has 2 aliphatic rings. The van der Waals surface area contributed by atoms with Crippen LogP contribution in [0.2, 0.25) is 0 Å². The highest BCUT2D eigenvalue weighted by molar-refractivity contribution is 6.11. The maximum atomic E-state index is 13.2. The van der Waals surface area contributed by atoms with Gasteiger partial charge in [-0.1, -0.05) is 6.07 Å². The van der Waals surface area contributed by atoms with Crippen LogP contribution in [-0.4, -0.2) is 53.5 Å². The number of hydrogen-bond acceptors (Lipinski definition) is 5. The molecule has 2 fully saturated rings. The van der Waals surface area contributed by atoms with Gasteiger partial charge in [-0.05, 0) is 57.4 Å². The molecular weight excluding hydrogens is 410 g/mol. The number of carbonyl (C=O) groups excluding carboxylic acids is 3. The molecule has 1 N–H and O–H groups in total. The quantitative estimate of drug-likeness (QED) is 0.504. The molecule has 8 nitrogen and oxygen atoms in total. The second-order valence-corrected chi connectivity index (χ2v) is 8.83. The first-order valence-electron chi connectivity index (χ1n) is 10.7. The molecule has 1 aliphatic heterocycles. The first kappa shape index (κ1) is 21.9. The zero-order valence-electron chi connectivity index (χ0n) is 19.2. The molecule has 170 valence electrons. The summed E-state index contributed by atoms with van der Waals surface area (Å²) < 4.78 is 12.8. The zero-order chi connectivity index (χ0) is 23.2. The number of nitrogens with one attached hydrogen (secondary N) is 1. The van der Waals surface area contributed by atoms with E-state index in [1.54, 1.807) is 33.3 Å². The first-order valence-corrected chi connectivity index (χ1v) is 10.7. The van der Waals surface area contributed by atoms with Crippen molar-refractivity contribution in [2.45, 2.75) is 51.6 Å². The van der Waals surface area contributed by atoms with Gasteiger partial charge in [0.1, 0.15) is 5.54 Å². The molecule has 0 radical (unpaired) electrons. The normalized spacial score (nSPS) is 20.5. The molecule has 1 aromatic heterocycles. The van der Waals surface area contributed by atoms with Gasteiger partial charge in [0.2, 0.25) is 0 Å². The van der Waals surface area contributed by atoms with Crippen molar-refractivity contribution < 1.29 is 23.9 Å². The van der Waals surface area contributed by atoms with Crippen LogP contribution in [-0.2, 0) is 11.2 Å². The maximum Gasteiger partial charge on any atom is 0.325 e. The Hall–Kier alpha value is -3.29. The number of ketones is 1. The van der Waals surface area contributed by atoms with Crippen LogP contribution in [0, 0.1) is 13.8 Å². The molecular formula is C24H29N3O5. The van der Waals surface area contributed by atoms with Gasteiger partial charge in [0.25, 0.3) is 5.91 Å². The molecule has 3 amide bonds. The molecule has 2 aromatic rings. The fourth-order valence-corrected chi connectivity index (χ4v) is 4.59. The first-order chi connectivity index (χ1) is 15.2. The summed E-state index contributed by atoms with van der Waals surface area (Å²) in [5, 5.41) is 2.77. The van der Waals surface area contributed by atoms with E-state index >= 15 is 0 Å². The van der Waals surface area contributed by atoms with Crippen LogP contribution < -0.4 is 14.8 Å². The average Bonchev–Trinajstić information content (AvgIpc) is 3.51. The van der Waals surface area contributed by atoms with Gasteiger partial charge < -0.3 is 19.4 Å². The lowest BCUT2D eigenvalue weighted by molar-refractivity contribution is -0.130. The number of aryl methyl sites for hydroxylation is 1. The molecule has 4 rings (SSSR count). The van der Waals surface area contributed by atoms with E-state index < -0.39 is 17.5 Å².